The van der Waals surface area contributed by atoms with E-state index in [-0.39, 0.29) is 12.5 Å². The number of nitrogens with one attached hydrogen (secondary N) is 1. The number of imide groups is 1. The molecule has 0 saturated carbocycles. The van der Waals surface area contributed by atoms with Gasteiger partial charge in [0.1, 0.15) is 10.5 Å². The molecule has 1 atom stereocenters. The molecule has 0 bridgehead atoms. The van der Waals surface area contributed by atoms with Crippen LogP contribution in [0.5, 0.6) is 0 Å². The standard InChI is InChI=1S/C20H16ClN3O2S/c1-20(14-7-9-15(21)10-8-14)18(25)24(19(26)23-20)11-16-12-27-17(22-16)13-5-3-2-4-6-13/h2-10,12H,11H2,1H3,(H,23,26). The quantitative estimate of drug-likeness (QED) is 0.662. The van der Waals surface area contributed by atoms with Crippen LogP contribution in [0.3, 0.4) is 0 Å². The maximum atomic E-state index is 13.0. The predicted octanol–water partition coefficient (Wildman–Crippen LogP) is 4.43. The van der Waals surface area contributed by atoms with E-state index >= 15 is 0 Å². The molecule has 27 heavy (non-hydrogen) atoms. The summed E-state index contributed by atoms with van der Waals surface area (Å²) in [5, 5.41) is 6.11. The summed E-state index contributed by atoms with van der Waals surface area (Å²) in [5.74, 6) is -0.302. The highest BCUT2D eigenvalue weighted by atomic mass is 35.5. The maximum Gasteiger partial charge on any atom is 0.325 e. The molecule has 1 N–H and O–H groups in total. The third-order valence-electron chi connectivity index (χ3n) is 4.59. The van der Waals surface area contributed by atoms with Crippen molar-refractivity contribution in [2.75, 3.05) is 0 Å². The van der Waals surface area contributed by atoms with Crippen LogP contribution in [0.4, 0.5) is 4.79 Å². The summed E-state index contributed by atoms with van der Waals surface area (Å²) in [6.45, 7) is 1.84. The van der Waals surface area contributed by atoms with E-state index in [0.717, 1.165) is 10.6 Å². The van der Waals surface area contributed by atoms with Gasteiger partial charge in [-0.25, -0.2) is 9.78 Å². The van der Waals surface area contributed by atoms with Gasteiger partial charge in [0.15, 0.2) is 0 Å². The number of hydrogen-bond donors (Lipinski definition) is 1. The first kappa shape index (κ1) is 17.7. The Kier molecular flexibility index (Phi) is 4.45. The van der Waals surface area contributed by atoms with Gasteiger partial charge >= 0.3 is 6.03 Å². The molecule has 3 aromatic rings. The van der Waals surface area contributed by atoms with Gasteiger partial charge in [-0.05, 0) is 24.6 Å². The predicted molar refractivity (Wildman–Crippen MR) is 105 cm³/mol. The summed E-state index contributed by atoms with van der Waals surface area (Å²) >= 11 is 7.42. The van der Waals surface area contributed by atoms with Crippen molar-refractivity contribution in [1.29, 1.82) is 0 Å². The van der Waals surface area contributed by atoms with Gasteiger partial charge in [0, 0.05) is 16.0 Å². The van der Waals surface area contributed by atoms with E-state index in [1.165, 1.54) is 16.2 Å². The normalized spacial score (nSPS) is 19.4. The number of carbonyl (C=O) groups is 2. The molecule has 5 nitrogen and oxygen atoms in total. The Balaban J connectivity index is 1.56. The molecule has 2 heterocycles. The van der Waals surface area contributed by atoms with Crippen molar-refractivity contribution >= 4 is 34.9 Å². The molecule has 2 aromatic carbocycles. The summed E-state index contributed by atoms with van der Waals surface area (Å²) in [7, 11) is 0. The van der Waals surface area contributed by atoms with E-state index in [9.17, 15) is 9.59 Å². The number of rotatable bonds is 4. The van der Waals surface area contributed by atoms with Gasteiger partial charge in [-0.15, -0.1) is 11.3 Å². The van der Waals surface area contributed by atoms with Crippen LogP contribution in [0.2, 0.25) is 5.02 Å². The number of hydrogen-bond acceptors (Lipinski definition) is 4. The highest BCUT2D eigenvalue weighted by Gasteiger charge is 2.49. The van der Waals surface area contributed by atoms with E-state index in [0.29, 0.717) is 16.3 Å². The highest BCUT2D eigenvalue weighted by Crippen LogP contribution is 2.31. The number of halogens is 1. The first-order chi connectivity index (χ1) is 13.0. The molecule has 1 unspecified atom stereocenters. The van der Waals surface area contributed by atoms with Crippen LogP contribution in [0.15, 0.2) is 60.0 Å². The highest BCUT2D eigenvalue weighted by molar-refractivity contribution is 7.13. The van der Waals surface area contributed by atoms with Crippen LogP contribution >= 0.6 is 22.9 Å². The van der Waals surface area contributed by atoms with Gasteiger partial charge in [-0.1, -0.05) is 54.1 Å². The van der Waals surface area contributed by atoms with Gasteiger partial charge in [0.25, 0.3) is 5.91 Å². The van der Waals surface area contributed by atoms with Crippen molar-refractivity contribution in [2.24, 2.45) is 0 Å². The Labute approximate surface area is 165 Å². The van der Waals surface area contributed by atoms with Gasteiger partial charge in [-0.2, -0.15) is 0 Å². The maximum absolute atomic E-state index is 13.0. The number of aromatic nitrogens is 1. The van der Waals surface area contributed by atoms with Crippen molar-refractivity contribution < 1.29 is 9.59 Å². The minimum absolute atomic E-state index is 0.136. The van der Waals surface area contributed by atoms with Crippen molar-refractivity contribution in [1.82, 2.24) is 15.2 Å². The van der Waals surface area contributed by atoms with Crippen LogP contribution in [-0.4, -0.2) is 21.8 Å². The third-order valence-corrected chi connectivity index (χ3v) is 5.78. The van der Waals surface area contributed by atoms with Gasteiger partial charge in [0.05, 0.1) is 12.2 Å². The number of benzene rings is 2. The topological polar surface area (TPSA) is 62.3 Å². The third kappa shape index (κ3) is 3.22. The lowest BCUT2D eigenvalue weighted by Gasteiger charge is -2.22. The van der Waals surface area contributed by atoms with E-state index in [2.05, 4.69) is 10.3 Å². The summed E-state index contributed by atoms with van der Waals surface area (Å²) in [4.78, 5) is 31.2. The van der Waals surface area contributed by atoms with Crippen LogP contribution in [0.25, 0.3) is 10.6 Å². The molecule has 1 aliphatic heterocycles. The Bertz CT molecular complexity index is 1000. The first-order valence-corrected chi connectivity index (χ1v) is 9.63. The summed E-state index contributed by atoms with van der Waals surface area (Å²) in [6, 6.07) is 16.3. The minimum Gasteiger partial charge on any atom is -0.319 e. The van der Waals surface area contributed by atoms with E-state index in [4.69, 9.17) is 11.6 Å². The molecule has 136 valence electrons. The summed E-state index contributed by atoms with van der Waals surface area (Å²) in [6.07, 6.45) is 0. The van der Waals surface area contributed by atoms with Crippen LogP contribution in [-0.2, 0) is 16.9 Å². The van der Waals surface area contributed by atoms with E-state index < -0.39 is 11.6 Å². The smallest absolute Gasteiger partial charge is 0.319 e. The molecular formula is C20H16ClN3O2S. The van der Waals surface area contributed by atoms with E-state index in [1.54, 1.807) is 31.2 Å². The molecule has 3 amide bonds. The van der Waals surface area contributed by atoms with Crippen molar-refractivity contribution in [3.8, 4) is 10.6 Å². The number of urea groups is 1. The second-order valence-electron chi connectivity index (χ2n) is 6.46. The Morgan fingerprint density at radius 1 is 1.11 bits per heavy atom. The SMILES string of the molecule is CC1(c2ccc(Cl)cc2)NC(=O)N(Cc2csc(-c3ccccc3)n2)C1=O. The van der Waals surface area contributed by atoms with Crippen molar-refractivity contribution in [2.45, 2.75) is 19.0 Å². The lowest BCUT2D eigenvalue weighted by atomic mass is 9.92. The zero-order valence-corrected chi connectivity index (χ0v) is 16.1. The van der Waals surface area contributed by atoms with Gasteiger partial charge < -0.3 is 5.32 Å². The zero-order valence-electron chi connectivity index (χ0n) is 14.5. The zero-order chi connectivity index (χ0) is 19.0. The second kappa shape index (κ2) is 6.79. The fourth-order valence-corrected chi connectivity index (χ4v) is 4.02. The molecule has 4 rings (SSSR count). The fraction of sp³-hybridized carbons (Fsp3) is 0.150. The minimum atomic E-state index is -1.11. The monoisotopic (exact) mass is 397 g/mol. The molecule has 0 aliphatic carbocycles. The fourth-order valence-electron chi connectivity index (χ4n) is 3.07. The molecular weight excluding hydrogens is 382 g/mol. The average Bonchev–Trinajstić information content (AvgIpc) is 3.22. The van der Waals surface area contributed by atoms with E-state index in [1.807, 2.05) is 35.7 Å². The average molecular weight is 398 g/mol. The second-order valence-corrected chi connectivity index (χ2v) is 7.76. The molecule has 1 aliphatic rings. The lowest BCUT2D eigenvalue weighted by molar-refractivity contribution is -0.131. The molecule has 0 radical (unpaired) electrons. The number of thiazole rings is 1. The summed E-state index contributed by atoms with van der Waals surface area (Å²) < 4.78 is 0. The number of carbonyl (C=O) groups excluding carboxylic acids is 2. The largest absolute Gasteiger partial charge is 0.325 e. The number of nitrogens with zero attached hydrogens (tertiary/aromatic N) is 2. The van der Waals surface area contributed by atoms with Crippen molar-refractivity contribution in [3.63, 3.8) is 0 Å². The van der Waals surface area contributed by atoms with Crippen LogP contribution in [0.1, 0.15) is 18.2 Å². The Morgan fingerprint density at radius 2 is 1.81 bits per heavy atom. The molecule has 1 fully saturated rings. The molecule has 7 heteroatoms. The molecule has 0 spiro atoms. The Hall–Kier alpha value is -2.70. The number of amides is 3. The summed E-state index contributed by atoms with van der Waals surface area (Å²) in [5.41, 5.74) is 1.27. The molecule has 1 aromatic heterocycles. The van der Waals surface area contributed by atoms with Gasteiger partial charge in [0.2, 0.25) is 0 Å². The lowest BCUT2D eigenvalue weighted by Crippen LogP contribution is -2.40. The van der Waals surface area contributed by atoms with Crippen LogP contribution < -0.4 is 5.32 Å². The van der Waals surface area contributed by atoms with Crippen molar-refractivity contribution in [3.05, 3.63) is 76.3 Å². The first-order valence-electron chi connectivity index (χ1n) is 8.37. The molecule has 1 saturated heterocycles. The van der Waals surface area contributed by atoms with Gasteiger partial charge in [-0.3, -0.25) is 9.69 Å². The Morgan fingerprint density at radius 3 is 2.52 bits per heavy atom. The van der Waals surface area contributed by atoms with Crippen LogP contribution in [0, 0.1) is 0 Å².